The van der Waals surface area contributed by atoms with Gasteiger partial charge in [0.05, 0.1) is 0 Å². The fourth-order valence-corrected chi connectivity index (χ4v) is 2.07. The molecule has 0 unspecified atom stereocenters. The van der Waals surface area contributed by atoms with Gasteiger partial charge in [0.15, 0.2) is 0 Å². The van der Waals surface area contributed by atoms with E-state index in [1.807, 2.05) is 0 Å². The first-order valence-corrected chi connectivity index (χ1v) is 4.87. The highest BCUT2D eigenvalue weighted by Crippen LogP contribution is 2.26. The molecule has 1 heterocycles. The molecule has 0 amide bonds. The molecule has 3 N–H and O–H groups in total. The van der Waals surface area contributed by atoms with Crippen molar-refractivity contribution in [3.63, 3.8) is 0 Å². The molecule has 0 spiro atoms. The number of nitrogens with two attached hydrogens (primary N) is 1. The summed E-state index contributed by atoms with van der Waals surface area (Å²) in [4.78, 5) is 0. The SMILES string of the molecule is Cl.Cl.NC[C@@H]1CNC[C@H]1c1ccccc1. The third-order valence-electron chi connectivity index (χ3n) is 2.87. The number of rotatable bonds is 2. The molecule has 2 nitrogen and oxygen atoms in total. The number of halogens is 2. The van der Waals surface area contributed by atoms with E-state index >= 15 is 0 Å². The largest absolute Gasteiger partial charge is 0.330 e. The van der Waals surface area contributed by atoms with Gasteiger partial charge in [0.25, 0.3) is 0 Å². The van der Waals surface area contributed by atoms with Crippen molar-refractivity contribution in [1.82, 2.24) is 5.32 Å². The second-order valence-electron chi connectivity index (χ2n) is 3.67. The van der Waals surface area contributed by atoms with Crippen LogP contribution < -0.4 is 11.1 Å². The van der Waals surface area contributed by atoms with E-state index in [2.05, 4.69) is 35.6 Å². The maximum atomic E-state index is 5.72. The molecule has 1 aromatic carbocycles. The van der Waals surface area contributed by atoms with Gasteiger partial charge in [0, 0.05) is 12.5 Å². The first-order chi connectivity index (χ1) is 6.42. The van der Waals surface area contributed by atoms with Crippen LogP contribution in [0, 0.1) is 5.92 Å². The first kappa shape index (κ1) is 14.7. The molecular weight excluding hydrogens is 231 g/mol. The van der Waals surface area contributed by atoms with E-state index in [4.69, 9.17) is 5.73 Å². The number of benzene rings is 1. The Kier molecular flexibility index (Phi) is 6.94. The van der Waals surface area contributed by atoms with Gasteiger partial charge in [-0.25, -0.2) is 0 Å². The Morgan fingerprint density at radius 2 is 1.80 bits per heavy atom. The third-order valence-corrected chi connectivity index (χ3v) is 2.87. The van der Waals surface area contributed by atoms with Crippen molar-refractivity contribution < 1.29 is 0 Å². The van der Waals surface area contributed by atoms with Crippen LogP contribution in [0.5, 0.6) is 0 Å². The maximum absolute atomic E-state index is 5.72. The summed E-state index contributed by atoms with van der Waals surface area (Å²) in [5.41, 5.74) is 7.14. The van der Waals surface area contributed by atoms with Crippen LogP contribution in [0.2, 0.25) is 0 Å². The second-order valence-corrected chi connectivity index (χ2v) is 3.67. The summed E-state index contributed by atoms with van der Waals surface area (Å²) in [6.45, 7) is 2.93. The van der Waals surface area contributed by atoms with Crippen molar-refractivity contribution in [2.24, 2.45) is 11.7 Å². The minimum atomic E-state index is 0. The molecule has 0 radical (unpaired) electrons. The molecule has 1 aliphatic heterocycles. The van der Waals surface area contributed by atoms with Gasteiger partial charge in [-0.3, -0.25) is 0 Å². The van der Waals surface area contributed by atoms with Crippen LogP contribution in [0.3, 0.4) is 0 Å². The van der Waals surface area contributed by atoms with E-state index in [0.717, 1.165) is 19.6 Å². The smallest absolute Gasteiger partial charge is 0.00239 e. The lowest BCUT2D eigenvalue weighted by Crippen LogP contribution is -2.20. The molecule has 4 heteroatoms. The molecule has 0 aromatic heterocycles. The summed E-state index contributed by atoms with van der Waals surface area (Å²) >= 11 is 0. The number of hydrogen-bond acceptors (Lipinski definition) is 2. The van der Waals surface area contributed by atoms with E-state index in [0.29, 0.717) is 11.8 Å². The predicted octanol–water partition coefficient (Wildman–Crippen LogP) is 1.79. The lowest BCUT2D eigenvalue weighted by Gasteiger charge is -2.16. The van der Waals surface area contributed by atoms with Crippen LogP contribution in [0.15, 0.2) is 30.3 Å². The summed E-state index contributed by atoms with van der Waals surface area (Å²) in [6.07, 6.45) is 0. The molecule has 2 atom stereocenters. The van der Waals surface area contributed by atoms with E-state index in [1.165, 1.54) is 5.56 Å². The predicted molar refractivity (Wildman–Crippen MR) is 69.1 cm³/mol. The van der Waals surface area contributed by atoms with E-state index in [-0.39, 0.29) is 24.8 Å². The molecule has 0 saturated carbocycles. The quantitative estimate of drug-likeness (QED) is 0.838. The van der Waals surface area contributed by atoms with E-state index in [1.54, 1.807) is 0 Å². The highest BCUT2D eigenvalue weighted by molar-refractivity contribution is 5.85. The summed E-state index contributed by atoms with van der Waals surface area (Å²) in [5.74, 6) is 1.23. The van der Waals surface area contributed by atoms with Crippen LogP contribution in [-0.4, -0.2) is 19.6 Å². The summed E-state index contributed by atoms with van der Waals surface area (Å²) < 4.78 is 0. The molecule has 15 heavy (non-hydrogen) atoms. The average molecular weight is 249 g/mol. The maximum Gasteiger partial charge on any atom is 0.00239 e. The molecule has 1 aliphatic rings. The standard InChI is InChI=1S/C11H16N2.2ClH/c12-6-10-7-13-8-11(10)9-4-2-1-3-5-9;;/h1-5,10-11,13H,6-8,12H2;2*1H/t10-,11+;;/m1../s1. The summed E-state index contributed by atoms with van der Waals surface area (Å²) in [7, 11) is 0. The second kappa shape index (κ2) is 7.07. The molecule has 1 saturated heterocycles. The topological polar surface area (TPSA) is 38.0 Å². The van der Waals surface area contributed by atoms with Gasteiger partial charge in [-0.2, -0.15) is 0 Å². The molecule has 1 aromatic rings. The zero-order chi connectivity index (χ0) is 9.10. The molecular formula is C11H18Cl2N2. The monoisotopic (exact) mass is 248 g/mol. The summed E-state index contributed by atoms with van der Waals surface area (Å²) in [5, 5.41) is 3.39. The zero-order valence-corrected chi connectivity index (χ0v) is 10.2. The van der Waals surface area contributed by atoms with Gasteiger partial charge in [0.1, 0.15) is 0 Å². The Morgan fingerprint density at radius 1 is 1.13 bits per heavy atom. The highest BCUT2D eigenvalue weighted by atomic mass is 35.5. The van der Waals surface area contributed by atoms with Crippen LogP contribution >= 0.6 is 24.8 Å². The van der Waals surface area contributed by atoms with Gasteiger partial charge in [-0.05, 0) is 24.6 Å². The van der Waals surface area contributed by atoms with E-state index in [9.17, 15) is 0 Å². The first-order valence-electron chi connectivity index (χ1n) is 4.87. The van der Waals surface area contributed by atoms with E-state index < -0.39 is 0 Å². The molecule has 1 fully saturated rings. The van der Waals surface area contributed by atoms with Gasteiger partial charge in [-0.1, -0.05) is 30.3 Å². The molecule has 0 aliphatic carbocycles. The third kappa shape index (κ3) is 3.35. The lowest BCUT2D eigenvalue weighted by atomic mass is 9.89. The van der Waals surface area contributed by atoms with Crippen LogP contribution in [0.1, 0.15) is 11.5 Å². The van der Waals surface area contributed by atoms with Crippen molar-refractivity contribution in [2.45, 2.75) is 5.92 Å². The zero-order valence-electron chi connectivity index (χ0n) is 8.56. The summed E-state index contributed by atoms with van der Waals surface area (Å²) in [6, 6.07) is 10.6. The van der Waals surface area contributed by atoms with Gasteiger partial charge in [0.2, 0.25) is 0 Å². The van der Waals surface area contributed by atoms with Crippen molar-refractivity contribution in [3.05, 3.63) is 35.9 Å². The van der Waals surface area contributed by atoms with Gasteiger partial charge in [-0.15, -0.1) is 24.8 Å². The Morgan fingerprint density at radius 3 is 2.40 bits per heavy atom. The van der Waals surface area contributed by atoms with Crippen LogP contribution in [-0.2, 0) is 0 Å². The molecule has 0 bridgehead atoms. The number of nitrogens with one attached hydrogen (secondary N) is 1. The Bertz CT molecular complexity index is 267. The normalized spacial score (nSPS) is 24.1. The Labute approximate surface area is 103 Å². The van der Waals surface area contributed by atoms with Gasteiger partial charge < -0.3 is 11.1 Å². The van der Waals surface area contributed by atoms with Crippen LogP contribution in [0.25, 0.3) is 0 Å². The van der Waals surface area contributed by atoms with Crippen LogP contribution in [0.4, 0.5) is 0 Å². The van der Waals surface area contributed by atoms with Gasteiger partial charge >= 0.3 is 0 Å². The Hall–Kier alpha value is -0.280. The lowest BCUT2D eigenvalue weighted by molar-refractivity contribution is 0.531. The van der Waals surface area contributed by atoms with Crippen molar-refractivity contribution in [3.8, 4) is 0 Å². The van der Waals surface area contributed by atoms with Crippen molar-refractivity contribution in [2.75, 3.05) is 19.6 Å². The fraction of sp³-hybridized carbons (Fsp3) is 0.455. The number of hydrogen-bond donors (Lipinski definition) is 2. The minimum absolute atomic E-state index is 0. The fourth-order valence-electron chi connectivity index (χ4n) is 2.07. The minimum Gasteiger partial charge on any atom is -0.330 e. The molecule has 2 rings (SSSR count). The Balaban J connectivity index is 0.000000980. The van der Waals surface area contributed by atoms with Crippen molar-refractivity contribution >= 4 is 24.8 Å². The molecule has 86 valence electrons. The van der Waals surface area contributed by atoms with Crippen molar-refractivity contribution in [1.29, 1.82) is 0 Å². The highest BCUT2D eigenvalue weighted by Gasteiger charge is 2.26. The average Bonchev–Trinajstić information content (AvgIpc) is 2.67.